The molecular weight excluding hydrogens is 1680 g/mol. The van der Waals surface area contributed by atoms with Crippen molar-refractivity contribution in [3.05, 3.63) is 158 Å². The molecule has 756 valence electrons. The summed E-state index contributed by atoms with van der Waals surface area (Å²) >= 11 is 0. The van der Waals surface area contributed by atoms with Gasteiger partial charge in [-0.2, -0.15) is 0 Å². The van der Waals surface area contributed by atoms with Crippen LogP contribution in [-0.4, -0.2) is 95.9 Å². The average Bonchev–Trinajstić information content (AvgIpc) is 0.899. The van der Waals surface area contributed by atoms with Crippen LogP contribution >= 0.6 is 15.6 Å². The fraction of sp³-hybridized carbons (Fsp3) is 0.743. The molecule has 0 aliphatic carbocycles. The largest absolute Gasteiger partial charge is 0.472 e. The summed E-state index contributed by atoms with van der Waals surface area (Å²) in [6.45, 7) is 2.61. The van der Waals surface area contributed by atoms with Gasteiger partial charge in [-0.05, 0) is 154 Å². The molecule has 0 saturated heterocycles. The van der Waals surface area contributed by atoms with Gasteiger partial charge in [-0.3, -0.25) is 32.5 Å². The van der Waals surface area contributed by atoms with Crippen LogP contribution in [0.25, 0.3) is 0 Å². The van der Waals surface area contributed by atoms with Crippen molar-refractivity contribution in [2.45, 2.75) is 501 Å². The second-order valence-corrected chi connectivity index (χ2v) is 38.9. The lowest BCUT2D eigenvalue weighted by molar-refractivity contribution is -0.161. The van der Waals surface area contributed by atoms with Crippen LogP contribution in [0.3, 0.4) is 0 Å². The first-order chi connectivity index (χ1) is 64.2. The molecule has 0 rings (SSSR count). The second-order valence-electron chi connectivity index (χ2n) is 36.0. The van der Waals surface area contributed by atoms with Crippen LogP contribution in [0.15, 0.2) is 158 Å². The molecule has 0 fully saturated rings. The van der Waals surface area contributed by atoms with Gasteiger partial charge in [0, 0.05) is 19.3 Å². The van der Waals surface area contributed by atoms with Gasteiger partial charge in [0.05, 0.1) is 26.4 Å². The number of rotatable bonds is 102. The fourth-order valence-corrected chi connectivity index (χ4v) is 16.7. The van der Waals surface area contributed by atoms with E-state index >= 15 is 0 Å². The molecule has 0 spiro atoms. The Balaban J connectivity index is 4.59. The number of hydrogen-bond acceptors (Lipinski definition) is 14. The molecule has 0 saturated carbocycles. The molecule has 4 N–H and O–H groups in total. The lowest BCUT2D eigenvalue weighted by atomic mass is 10.0. The SMILES string of the molecule is CC/C=C\C/C=C\C/C=C\C/C=C\C/C=C\CCCCCCCCCCCCCCCCCCCC(=O)OCC(O)COP(=O)(O)OCC(O)COP(=O)(O)OCC(COC(=O)CCCCCCCCCCCCCCCCCCC/C=C\C/C=C\C/C=C\C/C=C\CCCCC)OC(=O)CCCCCCCCCCCCCCC/C=C\C/C=C\C/C=C\C/C=C\CCCCC. The van der Waals surface area contributed by atoms with Crippen molar-refractivity contribution in [1.29, 1.82) is 0 Å². The van der Waals surface area contributed by atoms with Crippen LogP contribution in [0.1, 0.15) is 483 Å². The smallest absolute Gasteiger partial charge is 0.463 e. The number of hydrogen-bond donors (Lipinski definition) is 4. The van der Waals surface area contributed by atoms with Crippen molar-refractivity contribution >= 4 is 33.6 Å². The first-order valence-corrected chi connectivity index (χ1v) is 56.8. The summed E-state index contributed by atoms with van der Waals surface area (Å²) in [5.41, 5.74) is 0. The van der Waals surface area contributed by atoms with E-state index in [0.29, 0.717) is 19.3 Å². The first-order valence-electron chi connectivity index (χ1n) is 53.8. The number of phosphoric ester groups is 2. The maximum atomic E-state index is 13.1. The zero-order chi connectivity index (χ0) is 95.0. The summed E-state index contributed by atoms with van der Waals surface area (Å²) < 4.78 is 61.8. The summed E-state index contributed by atoms with van der Waals surface area (Å²) in [5, 5.41) is 20.8. The number of aliphatic hydroxyl groups excluding tert-OH is 2. The number of unbranched alkanes of at least 4 members (excludes halogenated alkanes) is 53. The Morgan fingerprint density at radius 2 is 0.405 bits per heavy atom. The van der Waals surface area contributed by atoms with Crippen molar-refractivity contribution in [3.63, 3.8) is 0 Å². The minimum atomic E-state index is -4.95. The number of esters is 3. The number of allylic oxidation sites excluding steroid dienone is 26. The highest BCUT2D eigenvalue weighted by Gasteiger charge is 2.30. The third-order valence-corrected chi connectivity index (χ3v) is 25.1. The molecule has 0 radical (unpaired) electrons. The Labute approximate surface area is 803 Å². The van der Waals surface area contributed by atoms with Gasteiger partial charge in [0.15, 0.2) is 6.10 Å². The predicted molar refractivity (Wildman–Crippen MR) is 556 cm³/mol. The van der Waals surface area contributed by atoms with Gasteiger partial charge >= 0.3 is 33.6 Å². The van der Waals surface area contributed by atoms with Crippen LogP contribution in [0.5, 0.6) is 0 Å². The van der Waals surface area contributed by atoms with E-state index in [9.17, 15) is 43.5 Å². The van der Waals surface area contributed by atoms with Gasteiger partial charge in [0.25, 0.3) is 0 Å². The molecule has 5 atom stereocenters. The highest BCUT2D eigenvalue weighted by atomic mass is 31.2. The first kappa shape index (κ1) is 126. The molecule has 0 aromatic carbocycles. The second kappa shape index (κ2) is 104. The van der Waals surface area contributed by atoms with Crippen LogP contribution in [0.4, 0.5) is 0 Å². The number of carbonyl (C=O) groups is 3. The van der Waals surface area contributed by atoms with Crippen molar-refractivity contribution in [3.8, 4) is 0 Å². The highest BCUT2D eigenvalue weighted by molar-refractivity contribution is 7.47. The number of carbonyl (C=O) groups excluding carboxylic acids is 3. The van der Waals surface area contributed by atoms with E-state index in [2.05, 4.69) is 179 Å². The van der Waals surface area contributed by atoms with Gasteiger partial charge in [-0.1, -0.05) is 468 Å². The minimum absolute atomic E-state index is 0.102. The van der Waals surface area contributed by atoms with Crippen LogP contribution in [0.2, 0.25) is 0 Å². The topological polar surface area (TPSA) is 231 Å². The zero-order valence-electron chi connectivity index (χ0n) is 84.0. The number of phosphoric acid groups is 2. The Bertz CT molecular complexity index is 3010. The molecule has 0 aromatic rings. The molecule has 0 amide bonds. The predicted octanol–water partition coefficient (Wildman–Crippen LogP) is 34.4. The van der Waals surface area contributed by atoms with E-state index in [-0.39, 0.29) is 19.3 Å². The lowest BCUT2D eigenvalue weighted by Gasteiger charge is -2.21. The lowest BCUT2D eigenvalue weighted by Crippen LogP contribution is -2.30. The normalized spacial score (nSPS) is 14.2. The highest BCUT2D eigenvalue weighted by Crippen LogP contribution is 2.45. The maximum Gasteiger partial charge on any atom is 0.472 e. The zero-order valence-corrected chi connectivity index (χ0v) is 85.8. The monoisotopic (exact) mass is 1870 g/mol. The van der Waals surface area contributed by atoms with Crippen molar-refractivity contribution in [1.82, 2.24) is 0 Å². The Morgan fingerprint density at radius 1 is 0.221 bits per heavy atom. The third kappa shape index (κ3) is 105. The molecular formula is C113H198O16P2. The van der Waals surface area contributed by atoms with Crippen molar-refractivity contribution < 1.29 is 75.8 Å². The molecule has 5 unspecified atom stereocenters. The Kier molecular flexibility index (Phi) is 100. The molecule has 0 aliphatic rings. The van der Waals surface area contributed by atoms with E-state index in [4.69, 9.17) is 32.3 Å². The molecule has 16 nitrogen and oxygen atoms in total. The summed E-state index contributed by atoms with van der Waals surface area (Å²) in [6, 6.07) is 0. The summed E-state index contributed by atoms with van der Waals surface area (Å²) in [5.74, 6) is -1.55. The number of aliphatic hydroxyl groups is 2. The molecule has 0 aliphatic heterocycles. The molecule has 0 heterocycles. The molecule has 131 heavy (non-hydrogen) atoms. The Morgan fingerprint density at radius 3 is 0.641 bits per heavy atom. The van der Waals surface area contributed by atoms with Crippen LogP contribution < -0.4 is 0 Å². The van der Waals surface area contributed by atoms with E-state index in [1.165, 1.54) is 283 Å². The quantitative estimate of drug-likeness (QED) is 0.0146. The maximum absolute atomic E-state index is 13.1. The van der Waals surface area contributed by atoms with E-state index in [1.54, 1.807) is 0 Å². The van der Waals surface area contributed by atoms with E-state index < -0.39 is 91.5 Å². The van der Waals surface area contributed by atoms with Crippen LogP contribution in [-0.2, 0) is 55.8 Å². The number of ether oxygens (including phenoxy) is 3. The van der Waals surface area contributed by atoms with Gasteiger partial charge < -0.3 is 34.2 Å². The van der Waals surface area contributed by atoms with Gasteiger partial charge in [-0.25, -0.2) is 9.13 Å². The fourth-order valence-electron chi connectivity index (χ4n) is 15.1. The van der Waals surface area contributed by atoms with Gasteiger partial charge in [0.1, 0.15) is 25.4 Å². The summed E-state index contributed by atoms with van der Waals surface area (Å²) in [4.78, 5) is 59.3. The van der Waals surface area contributed by atoms with E-state index in [0.717, 1.165) is 141 Å². The summed E-state index contributed by atoms with van der Waals surface area (Å²) in [6.07, 6.45) is 136. The van der Waals surface area contributed by atoms with Gasteiger partial charge in [0.2, 0.25) is 0 Å². The van der Waals surface area contributed by atoms with Crippen molar-refractivity contribution in [2.24, 2.45) is 0 Å². The Hall–Kier alpha value is -4.83. The third-order valence-electron chi connectivity index (χ3n) is 23.2. The van der Waals surface area contributed by atoms with E-state index in [1.807, 2.05) is 0 Å². The minimum Gasteiger partial charge on any atom is -0.463 e. The standard InChI is InChI=1S/C113H198O16P2/c1-4-7-10-13-16-19-22-25-28-31-34-37-40-43-46-49-51-53-55-58-60-63-66-69-72-75-78-81-84-87-90-93-96-99-111(116)123-102-108(114)103-125-130(119,120)126-104-109(115)105-127-131(121,122)128-107-110(129-113(118)101-98-95-92-89-86-83-80-77-74-71-68-65-62-57-48-45-42-39-36-33-30-27-24-21-18-15-12-9-6-3)106-124-112(117)100-97-94-91-88-85-82-79-76-73-70-67-64-61-59-56-54-52-50-47-44-41-38-35-32-29-26-23-20-17-14-11-8-5-2/h7,10,16-21,25-30,34-39,43-48,108-110,114-115H,4-6,8-9,11-15,22-24,31-33,40-42,49-107H2,1-3H3,(H,119,120)(H,121,122)/b10-7-,19-16-,20-17-,21-18-,28-25-,29-26-,30-27-,37-34-,38-35-,39-36-,46-43-,47-44-,48-45-. The summed E-state index contributed by atoms with van der Waals surface area (Å²) in [7, 11) is -9.82. The molecule has 0 aromatic heterocycles. The average molecular weight is 1870 g/mol. The molecule has 0 bridgehead atoms. The van der Waals surface area contributed by atoms with Gasteiger partial charge in [-0.15, -0.1) is 0 Å². The molecule has 18 heteroatoms. The van der Waals surface area contributed by atoms with Crippen molar-refractivity contribution in [2.75, 3.05) is 39.6 Å². The van der Waals surface area contributed by atoms with Crippen LogP contribution in [0, 0.1) is 0 Å².